The molecule has 2 unspecified atom stereocenters. The molecular weight excluding hydrogens is 274 g/mol. The maximum atomic E-state index is 9.29. The molecule has 0 aliphatic carbocycles. The highest BCUT2D eigenvalue weighted by atomic mass is 35.5. The number of rotatable bonds is 2. The Morgan fingerprint density at radius 1 is 1.35 bits per heavy atom. The summed E-state index contributed by atoms with van der Waals surface area (Å²) < 4.78 is 0. The van der Waals surface area contributed by atoms with Crippen LogP contribution in [0.1, 0.15) is 25.0 Å². The average molecular weight is 296 g/mol. The number of aliphatic hydroxyl groups is 1. The van der Waals surface area contributed by atoms with E-state index in [2.05, 4.69) is 21.8 Å². The predicted molar refractivity (Wildman–Crippen MR) is 81.1 cm³/mol. The van der Waals surface area contributed by atoms with Crippen LogP contribution in [0.15, 0.2) is 12.1 Å². The van der Waals surface area contributed by atoms with E-state index in [4.69, 9.17) is 11.6 Å². The van der Waals surface area contributed by atoms with E-state index in [0.29, 0.717) is 10.7 Å². The molecule has 3 rings (SSSR count). The minimum atomic E-state index is -0.102. The quantitative estimate of drug-likeness (QED) is 0.907. The number of likely N-dealkylation sites (tertiary alicyclic amines) is 1. The van der Waals surface area contributed by atoms with Crippen LogP contribution in [0.3, 0.4) is 0 Å². The van der Waals surface area contributed by atoms with Crippen LogP contribution in [0.2, 0.25) is 5.02 Å². The smallest absolute Gasteiger partial charge is 0.129 e. The van der Waals surface area contributed by atoms with Gasteiger partial charge in [-0.15, -0.1) is 0 Å². The van der Waals surface area contributed by atoms with Gasteiger partial charge >= 0.3 is 0 Å². The topological polar surface area (TPSA) is 39.6 Å². The first kappa shape index (κ1) is 14.1. The van der Waals surface area contributed by atoms with Crippen molar-refractivity contribution >= 4 is 17.4 Å². The van der Waals surface area contributed by atoms with E-state index in [1.165, 1.54) is 25.8 Å². The fraction of sp³-hybridized carbons (Fsp3) is 0.667. The highest BCUT2D eigenvalue weighted by molar-refractivity contribution is 6.31. The zero-order valence-corrected chi connectivity index (χ0v) is 12.7. The van der Waals surface area contributed by atoms with Crippen LogP contribution in [0.25, 0.3) is 0 Å². The molecule has 20 heavy (non-hydrogen) atoms. The molecule has 0 amide bonds. The van der Waals surface area contributed by atoms with Gasteiger partial charge in [0.1, 0.15) is 5.82 Å². The summed E-state index contributed by atoms with van der Waals surface area (Å²) in [6, 6.07) is 4.53. The Labute approximate surface area is 125 Å². The van der Waals surface area contributed by atoms with E-state index >= 15 is 0 Å². The lowest BCUT2D eigenvalue weighted by Gasteiger charge is -2.46. The molecule has 110 valence electrons. The number of pyridine rings is 1. The number of aliphatic hydroxyl groups excluding tert-OH is 1. The Morgan fingerprint density at radius 2 is 2.20 bits per heavy atom. The van der Waals surface area contributed by atoms with Gasteiger partial charge in [0.05, 0.1) is 17.3 Å². The standard InChI is InChI=1S/C15H22ClN3O/c1-18-7-2-3-11-9-19(8-6-14(11)18)15-5-4-12(16)13(10-20)17-15/h4-5,11,14,20H,2-3,6-10H2,1H3. The third kappa shape index (κ3) is 2.65. The van der Waals surface area contributed by atoms with E-state index in [1.54, 1.807) is 0 Å². The Balaban J connectivity index is 1.76. The summed E-state index contributed by atoms with van der Waals surface area (Å²) in [5.74, 6) is 1.68. The van der Waals surface area contributed by atoms with Crippen LogP contribution < -0.4 is 4.90 Å². The van der Waals surface area contributed by atoms with Crippen molar-refractivity contribution in [2.75, 3.05) is 31.6 Å². The molecule has 0 spiro atoms. The number of nitrogens with zero attached hydrogens (tertiary/aromatic N) is 3. The lowest BCUT2D eigenvalue weighted by molar-refractivity contribution is 0.102. The SMILES string of the molecule is CN1CCCC2CN(c3ccc(Cl)c(CO)n3)CCC21. The lowest BCUT2D eigenvalue weighted by Crippen LogP contribution is -2.52. The molecule has 0 saturated carbocycles. The molecule has 1 aromatic heterocycles. The second kappa shape index (κ2) is 5.88. The summed E-state index contributed by atoms with van der Waals surface area (Å²) in [5, 5.41) is 9.84. The Morgan fingerprint density at radius 3 is 3.00 bits per heavy atom. The summed E-state index contributed by atoms with van der Waals surface area (Å²) in [5.41, 5.74) is 0.576. The number of halogens is 1. The number of piperidine rings is 2. The molecule has 3 heterocycles. The highest BCUT2D eigenvalue weighted by Gasteiger charge is 2.34. The molecule has 5 heteroatoms. The first-order chi connectivity index (χ1) is 9.69. The largest absolute Gasteiger partial charge is 0.390 e. The van der Waals surface area contributed by atoms with Crippen molar-refractivity contribution < 1.29 is 5.11 Å². The van der Waals surface area contributed by atoms with Crippen molar-refractivity contribution in [3.8, 4) is 0 Å². The second-order valence-corrected chi connectivity index (χ2v) is 6.35. The summed E-state index contributed by atoms with van der Waals surface area (Å²) >= 11 is 6.02. The van der Waals surface area contributed by atoms with Crippen LogP contribution >= 0.6 is 11.6 Å². The van der Waals surface area contributed by atoms with Gasteiger partial charge in [-0.3, -0.25) is 0 Å². The van der Waals surface area contributed by atoms with Gasteiger partial charge in [0.25, 0.3) is 0 Å². The molecule has 1 N–H and O–H groups in total. The van der Waals surface area contributed by atoms with Gasteiger partial charge in [0.15, 0.2) is 0 Å². The number of fused-ring (bicyclic) bond motifs is 1. The first-order valence-corrected chi connectivity index (χ1v) is 7.78. The fourth-order valence-electron chi connectivity index (χ4n) is 3.62. The number of hydrogen-bond acceptors (Lipinski definition) is 4. The van der Waals surface area contributed by atoms with Crippen LogP contribution in [0, 0.1) is 5.92 Å². The third-order valence-corrected chi connectivity index (χ3v) is 5.07. The van der Waals surface area contributed by atoms with Crippen molar-refractivity contribution in [3.63, 3.8) is 0 Å². The van der Waals surface area contributed by atoms with Crippen molar-refractivity contribution in [2.24, 2.45) is 5.92 Å². The van der Waals surface area contributed by atoms with Crippen LogP contribution in [0.4, 0.5) is 5.82 Å². The molecule has 0 aromatic carbocycles. The summed E-state index contributed by atoms with van der Waals surface area (Å²) in [7, 11) is 2.25. The van der Waals surface area contributed by atoms with E-state index < -0.39 is 0 Å². The van der Waals surface area contributed by atoms with Gasteiger partial charge < -0.3 is 14.9 Å². The van der Waals surface area contributed by atoms with Gasteiger partial charge in [-0.1, -0.05) is 11.6 Å². The monoisotopic (exact) mass is 295 g/mol. The van der Waals surface area contributed by atoms with Gasteiger partial charge in [-0.05, 0) is 50.9 Å². The first-order valence-electron chi connectivity index (χ1n) is 7.40. The van der Waals surface area contributed by atoms with E-state index in [1.807, 2.05) is 12.1 Å². The zero-order valence-electron chi connectivity index (χ0n) is 11.9. The van der Waals surface area contributed by atoms with E-state index in [9.17, 15) is 5.11 Å². The third-order valence-electron chi connectivity index (χ3n) is 4.72. The Hall–Kier alpha value is -0.840. The normalized spacial score (nSPS) is 27.4. The van der Waals surface area contributed by atoms with Crippen LogP contribution in [-0.4, -0.2) is 47.7 Å². The molecular formula is C15H22ClN3O. The van der Waals surface area contributed by atoms with Crippen LogP contribution in [-0.2, 0) is 6.61 Å². The van der Waals surface area contributed by atoms with Gasteiger partial charge in [-0.25, -0.2) is 4.98 Å². The number of aromatic nitrogens is 1. The van der Waals surface area contributed by atoms with Crippen molar-refractivity contribution in [1.82, 2.24) is 9.88 Å². The van der Waals surface area contributed by atoms with Gasteiger partial charge in [0.2, 0.25) is 0 Å². The zero-order chi connectivity index (χ0) is 14.1. The molecule has 2 aliphatic rings. The van der Waals surface area contributed by atoms with Crippen molar-refractivity contribution in [2.45, 2.75) is 31.9 Å². The van der Waals surface area contributed by atoms with Crippen LogP contribution in [0.5, 0.6) is 0 Å². The minimum absolute atomic E-state index is 0.102. The molecule has 1 aromatic rings. The molecule has 2 saturated heterocycles. The van der Waals surface area contributed by atoms with Gasteiger partial charge in [-0.2, -0.15) is 0 Å². The number of anilines is 1. The maximum absolute atomic E-state index is 9.29. The highest BCUT2D eigenvalue weighted by Crippen LogP contribution is 2.31. The van der Waals surface area contributed by atoms with E-state index in [0.717, 1.165) is 30.9 Å². The average Bonchev–Trinajstić information content (AvgIpc) is 2.47. The lowest BCUT2D eigenvalue weighted by atomic mass is 9.84. The minimum Gasteiger partial charge on any atom is -0.390 e. The summed E-state index contributed by atoms with van der Waals surface area (Å²) in [6.07, 6.45) is 3.80. The Kier molecular flexibility index (Phi) is 4.15. The number of hydrogen-bond donors (Lipinski definition) is 1. The van der Waals surface area contributed by atoms with Crippen molar-refractivity contribution in [3.05, 3.63) is 22.8 Å². The summed E-state index contributed by atoms with van der Waals surface area (Å²) in [4.78, 5) is 9.36. The molecule has 0 radical (unpaired) electrons. The predicted octanol–water partition coefficient (Wildman–Crippen LogP) is 2.15. The molecule has 0 bridgehead atoms. The molecule has 2 atom stereocenters. The Bertz CT molecular complexity index is 482. The van der Waals surface area contributed by atoms with E-state index in [-0.39, 0.29) is 6.61 Å². The molecule has 2 aliphatic heterocycles. The fourth-order valence-corrected chi connectivity index (χ4v) is 3.79. The molecule has 4 nitrogen and oxygen atoms in total. The summed E-state index contributed by atoms with van der Waals surface area (Å²) in [6.45, 7) is 3.23. The second-order valence-electron chi connectivity index (χ2n) is 5.94. The van der Waals surface area contributed by atoms with Crippen molar-refractivity contribution in [1.29, 1.82) is 0 Å². The van der Waals surface area contributed by atoms with Gasteiger partial charge in [0, 0.05) is 19.1 Å². The maximum Gasteiger partial charge on any atom is 0.129 e. The molecule has 2 fully saturated rings.